The summed E-state index contributed by atoms with van der Waals surface area (Å²) >= 11 is 0. The van der Waals surface area contributed by atoms with Gasteiger partial charge in [-0.25, -0.2) is 4.79 Å². The number of ether oxygens (including phenoxy) is 2. The minimum atomic E-state index is -0.161. The lowest BCUT2D eigenvalue weighted by atomic mass is 9.89. The van der Waals surface area contributed by atoms with Gasteiger partial charge in [-0.05, 0) is 58.0 Å². The van der Waals surface area contributed by atoms with E-state index in [1.54, 1.807) is 0 Å². The van der Waals surface area contributed by atoms with Crippen molar-refractivity contribution in [2.75, 3.05) is 59.5 Å². The summed E-state index contributed by atoms with van der Waals surface area (Å²) in [7, 11) is 1.43. The van der Waals surface area contributed by atoms with Crippen molar-refractivity contribution in [3.8, 4) is 0 Å². The van der Waals surface area contributed by atoms with Crippen molar-refractivity contribution in [1.82, 2.24) is 19.6 Å². The van der Waals surface area contributed by atoms with Crippen LogP contribution in [-0.2, 0) is 14.3 Å². The van der Waals surface area contributed by atoms with Crippen LogP contribution in [0.2, 0.25) is 0 Å². The molecule has 4 aliphatic rings. The van der Waals surface area contributed by atoms with E-state index in [-0.39, 0.29) is 24.3 Å². The third-order valence-corrected chi connectivity index (χ3v) is 8.51. The molecule has 4 fully saturated rings. The van der Waals surface area contributed by atoms with E-state index in [1.165, 1.54) is 65.1 Å². The second kappa shape index (κ2) is 11.8. The molecule has 3 heterocycles. The summed E-state index contributed by atoms with van der Waals surface area (Å²) in [6, 6.07) is 0.913. The maximum absolute atomic E-state index is 12.7. The normalized spacial score (nSPS) is 29.4. The molecule has 1 aliphatic carbocycles. The van der Waals surface area contributed by atoms with E-state index in [1.807, 2.05) is 4.90 Å². The zero-order chi connectivity index (χ0) is 23.2. The van der Waals surface area contributed by atoms with Gasteiger partial charge in [0.2, 0.25) is 0 Å². The largest absolute Gasteiger partial charge is 0.469 e. The molecular formula is C25H44N4O4. The van der Waals surface area contributed by atoms with E-state index in [4.69, 9.17) is 9.47 Å². The fraction of sp³-hybridized carbons (Fsp3) is 0.920. The van der Waals surface area contributed by atoms with Gasteiger partial charge < -0.3 is 24.2 Å². The average molecular weight is 465 g/mol. The Morgan fingerprint density at radius 2 is 1.64 bits per heavy atom. The molecule has 188 valence electrons. The number of carbonyl (C=O) groups excluding carboxylic acids is 2. The number of piperazine rings is 1. The van der Waals surface area contributed by atoms with Gasteiger partial charge in [0.1, 0.15) is 0 Å². The number of carbonyl (C=O) groups is 2. The molecule has 4 rings (SSSR count). The van der Waals surface area contributed by atoms with Crippen molar-refractivity contribution in [2.45, 2.75) is 83.0 Å². The second-order valence-corrected chi connectivity index (χ2v) is 10.5. The summed E-state index contributed by atoms with van der Waals surface area (Å²) < 4.78 is 10.6. The fourth-order valence-electron chi connectivity index (χ4n) is 6.23. The lowest BCUT2D eigenvalue weighted by Gasteiger charge is -2.40. The zero-order valence-electron chi connectivity index (χ0n) is 20.8. The van der Waals surface area contributed by atoms with E-state index in [2.05, 4.69) is 21.6 Å². The topological polar surface area (TPSA) is 65.6 Å². The molecule has 8 heteroatoms. The minimum Gasteiger partial charge on any atom is -0.469 e. The van der Waals surface area contributed by atoms with E-state index in [0.717, 1.165) is 57.6 Å². The van der Waals surface area contributed by atoms with Crippen molar-refractivity contribution >= 4 is 12.1 Å². The Bertz CT molecular complexity index is 640. The van der Waals surface area contributed by atoms with Crippen LogP contribution in [0.4, 0.5) is 4.79 Å². The predicted molar refractivity (Wildman–Crippen MR) is 127 cm³/mol. The predicted octanol–water partition coefficient (Wildman–Crippen LogP) is 2.77. The Morgan fingerprint density at radius 1 is 0.939 bits per heavy atom. The number of hydrogen-bond acceptors (Lipinski definition) is 7. The molecule has 33 heavy (non-hydrogen) atoms. The van der Waals surface area contributed by atoms with Crippen LogP contribution in [0.3, 0.4) is 0 Å². The van der Waals surface area contributed by atoms with Crippen molar-refractivity contribution in [3.63, 3.8) is 0 Å². The molecule has 2 unspecified atom stereocenters. The Kier molecular flexibility index (Phi) is 8.88. The molecule has 1 saturated carbocycles. The number of amides is 1. The maximum atomic E-state index is 12.7. The first-order valence-electron chi connectivity index (χ1n) is 13.3. The number of hydrogen-bond donors (Lipinski definition) is 0. The third kappa shape index (κ3) is 6.40. The lowest BCUT2D eigenvalue weighted by molar-refractivity contribution is -0.141. The summed E-state index contributed by atoms with van der Waals surface area (Å²) in [5, 5.41) is 0. The highest BCUT2D eigenvalue weighted by atomic mass is 16.6. The highest BCUT2D eigenvalue weighted by Crippen LogP contribution is 2.30. The van der Waals surface area contributed by atoms with Crippen LogP contribution in [0.15, 0.2) is 0 Å². The summed E-state index contributed by atoms with van der Waals surface area (Å²) in [5.74, 6) is 0.563. The van der Waals surface area contributed by atoms with Crippen LogP contribution in [0.1, 0.15) is 64.7 Å². The maximum Gasteiger partial charge on any atom is 0.411 e. The number of esters is 1. The Balaban J connectivity index is 1.17. The van der Waals surface area contributed by atoms with Gasteiger partial charge in [-0.3, -0.25) is 9.69 Å². The summed E-state index contributed by atoms with van der Waals surface area (Å²) in [6.45, 7) is 9.62. The van der Waals surface area contributed by atoms with Gasteiger partial charge in [0.15, 0.2) is 6.23 Å². The monoisotopic (exact) mass is 464 g/mol. The molecule has 3 saturated heterocycles. The molecule has 0 spiro atoms. The van der Waals surface area contributed by atoms with Crippen molar-refractivity contribution < 1.29 is 19.1 Å². The van der Waals surface area contributed by atoms with Gasteiger partial charge >= 0.3 is 12.1 Å². The van der Waals surface area contributed by atoms with E-state index < -0.39 is 0 Å². The highest BCUT2D eigenvalue weighted by Gasteiger charge is 2.42. The molecular weight excluding hydrogens is 420 g/mol. The number of methoxy groups -OCH3 is 1. The first-order valence-corrected chi connectivity index (χ1v) is 13.3. The average Bonchev–Trinajstić information content (AvgIpc) is 3.15. The molecule has 2 atom stereocenters. The van der Waals surface area contributed by atoms with Gasteiger partial charge in [-0.2, -0.15) is 0 Å². The second-order valence-electron chi connectivity index (χ2n) is 10.5. The molecule has 0 aromatic heterocycles. The van der Waals surface area contributed by atoms with Gasteiger partial charge in [0.05, 0.1) is 19.6 Å². The number of cyclic esters (lactones) is 1. The molecule has 8 nitrogen and oxygen atoms in total. The van der Waals surface area contributed by atoms with Gasteiger partial charge in [-0.1, -0.05) is 19.3 Å². The molecule has 0 radical (unpaired) electrons. The number of piperidine rings is 1. The zero-order valence-corrected chi connectivity index (χ0v) is 20.8. The van der Waals surface area contributed by atoms with Gasteiger partial charge in [-0.15, -0.1) is 0 Å². The van der Waals surface area contributed by atoms with Crippen LogP contribution in [0, 0.1) is 5.92 Å². The molecule has 0 bridgehead atoms. The van der Waals surface area contributed by atoms with Crippen LogP contribution in [0.5, 0.6) is 0 Å². The number of likely N-dealkylation sites (tertiary alicyclic amines) is 1. The Hall–Kier alpha value is -1.38. The fourth-order valence-corrected chi connectivity index (χ4v) is 6.23. The standard InChI is InChI=1S/C25H44N4O4/c1-20-24(28-18-16-26(17-19-28)12-11-23(30)32-2)33-25(31)29(20)15-10-21-8-13-27(14-9-21)22-6-4-3-5-7-22/h20-22,24H,3-19H2,1-2H3. The molecule has 0 aromatic rings. The van der Waals surface area contributed by atoms with Crippen LogP contribution >= 0.6 is 0 Å². The molecule has 1 amide bonds. The summed E-state index contributed by atoms with van der Waals surface area (Å²) in [6.07, 6.45) is 10.8. The SMILES string of the molecule is COC(=O)CCN1CCN(C2OC(=O)N(CCC3CCN(C4CCCCC4)CC3)C2C)CC1. The minimum absolute atomic E-state index is 0.0847. The Morgan fingerprint density at radius 3 is 2.30 bits per heavy atom. The molecule has 0 N–H and O–H groups in total. The van der Waals surface area contributed by atoms with Crippen LogP contribution < -0.4 is 0 Å². The van der Waals surface area contributed by atoms with Crippen molar-refractivity contribution in [3.05, 3.63) is 0 Å². The van der Waals surface area contributed by atoms with E-state index >= 15 is 0 Å². The first-order chi connectivity index (χ1) is 16.0. The van der Waals surface area contributed by atoms with Crippen molar-refractivity contribution in [1.29, 1.82) is 0 Å². The van der Waals surface area contributed by atoms with Gasteiger partial charge in [0.25, 0.3) is 0 Å². The molecule has 0 aromatic carbocycles. The van der Waals surface area contributed by atoms with E-state index in [9.17, 15) is 9.59 Å². The number of rotatable bonds is 8. The van der Waals surface area contributed by atoms with Crippen LogP contribution in [0.25, 0.3) is 0 Å². The third-order valence-electron chi connectivity index (χ3n) is 8.51. The Labute approximate surface area is 199 Å². The van der Waals surface area contributed by atoms with Crippen LogP contribution in [-0.4, -0.2) is 109 Å². The smallest absolute Gasteiger partial charge is 0.411 e. The summed E-state index contributed by atoms with van der Waals surface area (Å²) in [5.41, 5.74) is 0. The van der Waals surface area contributed by atoms with E-state index in [0.29, 0.717) is 6.42 Å². The molecule has 3 aliphatic heterocycles. The lowest BCUT2D eigenvalue weighted by Crippen LogP contribution is -2.53. The first kappa shape index (κ1) is 24.7. The van der Waals surface area contributed by atoms with Crippen molar-refractivity contribution in [2.24, 2.45) is 5.92 Å². The van der Waals surface area contributed by atoms with Gasteiger partial charge in [0, 0.05) is 45.3 Å². The summed E-state index contributed by atoms with van der Waals surface area (Å²) in [4.78, 5) is 33.3. The highest BCUT2D eigenvalue weighted by molar-refractivity contribution is 5.70. The quantitative estimate of drug-likeness (QED) is 0.512. The number of nitrogens with zero attached hydrogens (tertiary/aromatic N) is 4.